The molecule has 0 N–H and O–H groups in total. The quantitative estimate of drug-likeness (QED) is 0.647. The SMILES string of the molecule is Cc1cccn2nc(CC#N)nc12. The Kier molecular flexibility index (Phi) is 1.71. The molecule has 64 valence electrons. The second-order valence-corrected chi connectivity index (χ2v) is 2.82. The lowest BCUT2D eigenvalue weighted by Gasteiger charge is -1.92. The van der Waals surface area contributed by atoms with Gasteiger partial charge in [-0.3, -0.25) is 0 Å². The fourth-order valence-electron chi connectivity index (χ4n) is 1.23. The molecule has 0 aliphatic rings. The molecule has 0 spiro atoms. The summed E-state index contributed by atoms with van der Waals surface area (Å²) < 4.78 is 1.70. The fraction of sp³-hybridized carbons (Fsp3) is 0.222. The zero-order valence-electron chi connectivity index (χ0n) is 7.23. The minimum Gasteiger partial charge on any atom is -0.221 e. The summed E-state index contributed by atoms with van der Waals surface area (Å²) in [5, 5.41) is 12.6. The van der Waals surface area contributed by atoms with Crippen molar-refractivity contribution >= 4 is 5.65 Å². The van der Waals surface area contributed by atoms with Crippen molar-refractivity contribution in [2.45, 2.75) is 13.3 Å². The lowest BCUT2D eigenvalue weighted by atomic mass is 10.3. The number of aromatic nitrogens is 3. The van der Waals surface area contributed by atoms with E-state index in [1.54, 1.807) is 4.52 Å². The van der Waals surface area contributed by atoms with Crippen LogP contribution in [0.5, 0.6) is 0 Å². The van der Waals surface area contributed by atoms with Crippen LogP contribution in [0.4, 0.5) is 0 Å². The zero-order valence-corrected chi connectivity index (χ0v) is 7.23. The van der Waals surface area contributed by atoms with E-state index in [0.29, 0.717) is 5.82 Å². The average molecular weight is 172 g/mol. The van der Waals surface area contributed by atoms with Crippen molar-refractivity contribution in [2.24, 2.45) is 0 Å². The third-order valence-corrected chi connectivity index (χ3v) is 1.84. The van der Waals surface area contributed by atoms with Crippen LogP contribution in [-0.4, -0.2) is 14.6 Å². The molecule has 0 aliphatic carbocycles. The minimum atomic E-state index is 0.265. The second-order valence-electron chi connectivity index (χ2n) is 2.82. The first-order valence-corrected chi connectivity index (χ1v) is 3.99. The predicted molar refractivity (Wildman–Crippen MR) is 47.0 cm³/mol. The van der Waals surface area contributed by atoms with Crippen molar-refractivity contribution < 1.29 is 0 Å². The number of fused-ring (bicyclic) bond motifs is 1. The van der Waals surface area contributed by atoms with E-state index >= 15 is 0 Å². The molecule has 13 heavy (non-hydrogen) atoms. The van der Waals surface area contributed by atoms with E-state index in [2.05, 4.69) is 10.1 Å². The largest absolute Gasteiger partial charge is 0.221 e. The van der Waals surface area contributed by atoms with E-state index in [1.807, 2.05) is 31.3 Å². The lowest BCUT2D eigenvalue weighted by Crippen LogP contribution is -1.88. The first kappa shape index (κ1) is 7.74. The Morgan fingerprint density at radius 3 is 3.15 bits per heavy atom. The summed E-state index contributed by atoms with van der Waals surface area (Å²) in [6.07, 6.45) is 2.09. The highest BCUT2D eigenvalue weighted by Crippen LogP contribution is 2.06. The number of pyridine rings is 1. The van der Waals surface area contributed by atoms with Crippen molar-refractivity contribution in [1.82, 2.24) is 14.6 Å². The molecule has 2 heterocycles. The monoisotopic (exact) mass is 172 g/mol. The molecule has 2 rings (SSSR count). The van der Waals surface area contributed by atoms with Crippen molar-refractivity contribution in [3.63, 3.8) is 0 Å². The summed E-state index contributed by atoms with van der Waals surface area (Å²) >= 11 is 0. The minimum absolute atomic E-state index is 0.265. The van der Waals surface area contributed by atoms with Crippen LogP contribution >= 0.6 is 0 Å². The summed E-state index contributed by atoms with van der Waals surface area (Å²) in [5.41, 5.74) is 1.90. The molecule has 2 aromatic heterocycles. The van der Waals surface area contributed by atoms with Crippen LogP contribution < -0.4 is 0 Å². The second kappa shape index (κ2) is 2.87. The van der Waals surface area contributed by atoms with E-state index in [9.17, 15) is 0 Å². The number of nitrogens with zero attached hydrogens (tertiary/aromatic N) is 4. The highest BCUT2D eigenvalue weighted by atomic mass is 15.3. The molecule has 0 saturated heterocycles. The fourth-order valence-corrected chi connectivity index (χ4v) is 1.23. The van der Waals surface area contributed by atoms with E-state index in [4.69, 9.17) is 5.26 Å². The lowest BCUT2D eigenvalue weighted by molar-refractivity contribution is 0.909. The highest BCUT2D eigenvalue weighted by molar-refractivity contribution is 5.45. The van der Waals surface area contributed by atoms with Crippen LogP contribution in [0.25, 0.3) is 5.65 Å². The molecule has 0 aromatic carbocycles. The van der Waals surface area contributed by atoms with Crippen molar-refractivity contribution in [1.29, 1.82) is 5.26 Å². The number of hydrogen-bond acceptors (Lipinski definition) is 3. The maximum absolute atomic E-state index is 8.47. The number of aryl methyl sites for hydroxylation is 1. The van der Waals surface area contributed by atoms with Gasteiger partial charge >= 0.3 is 0 Å². The molecule has 0 fully saturated rings. The molecule has 0 amide bonds. The van der Waals surface area contributed by atoms with Crippen LogP contribution in [0, 0.1) is 18.3 Å². The van der Waals surface area contributed by atoms with E-state index < -0.39 is 0 Å². The Bertz CT molecular complexity index is 478. The third kappa shape index (κ3) is 1.25. The molecule has 0 saturated carbocycles. The van der Waals surface area contributed by atoms with Gasteiger partial charge in [0.1, 0.15) is 0 Å². The highest BCUT2D eigenvalue weighted by Gasteiger charge is 2.03. The molecule has 4 heteroatoms. The molecule has 0 bridgehead atoms. The normalized spacial score (nSPS) is 10.2. The van der Waals surface area contributed by atoms with E-state index in [1.165, 1.54) is 0 Å². The molecule has 2 aromatic rings. The number of nitriles is 1. The van der Waals surface area contributed by atoms with Gasteiger partial charge in [0.05, 0.1) is 12.5 Å². The Hall–Kier alpha value is -1.89. The Balaban J connectivity index is 2.63. The zero-order chi connectivity index (χ0) is 9.26. The summed E-state index contributed by atoms with van der Waals surface area (Å²) in [6, 6.07) is 5.91. The first-order chi connectivity index (χ1) is 6.31. The van der Waals surface area contributed by atoms with E-state index in [-0.39, 0.29) is 6.42 Å². The molecule has 0 atom stereocenters. The molecule has 0 radical (unpaired) electrons. The smallest absolute Gasteiger partial charge is 0.165 e. The van der Waals surface area contributed by atoms with Gasteiger partial charge in [0.25, 0.3) is 0 Å². The van der Waals surface area contributed by atoms with Crippen LogP contribution in [0.1, 0.15) is 11.4 Å². The average Bonchev–Trinajstić information content (AvgIpc) is 2.49. The van der Waals surface area contributed by atoms with Crippen molar-refractivity contribution in [3.8, 4) is 6.07 Å². The topological polar surface area (TPSA) is 54.0 Å². The van der Waals surface area contributed by atoms with E-state index in [0.717, 1.165) is 11.2 Å². The summed E-state index contributed by atoms with van der Waals surface area (Å²) in [5.74, 6) is 0.580. The summed E-state index contributed by atoms with van der Waals surface area (Å²) in [7, 11) is 0. The molecular weight excluding hydrogens is 164 g/mol. The van der Waals surface area contributed by atoms with Crippen molar-refractivity contribution in [2.75, 3.05) is 0 Å². The Morgan fingerprint density at radius 2 is 2.46 bits per heavy atom. The first-order valence-electron chi connectivity index (χ1n) is 3.99. The van der Waals surface area contributed by atoms with Crippen molar-refractivity contribution in [3.05, 3.63) is 29.7 Å². The van der Waals surface area contributed by atoms with Gasteiger partial charge in [0.2, 0.25) is 0 Å². The molecule has 4 nitrogen and oxygen atoms in total. The van der Waals surface area contributed by atoms with Gasteiger partial charge in [-0.1, -0.05) is 6.07 Å². The Morgan fingerprint density at radius 1 is 1.62 bits per heavy atom. The maximum atomic E-state index is 8.47. The predicted octanol–water partition coefficient (Wildman–Crippen LogP) is 1.10. The number of hydrogen-bond donors (Lipinski definition) is 0. The number of rotatable bonds is 1. The Labute approximate surface area is 75.4 Å². The van der Waals surface area contributed by atoms with Gasteiger partial charge in [-0.15, -0.1) is 0 Å². The standard InChI is InChI=1S/C9H8N4/c1-7-3-2-6-13-9(7)11-8(12-13)4-5-10/h2-3,6H,4H2,1H3. The van der Waals surface area contributed by atoms with Gasteiger partial charge in [-0.05, 0) is 18.6 Å². The van der Waals surface area contributed by atoms with Crippen LogP contribution in [0.3, 0.4) is 0 Å². The molecule has 0 unspecified atom stereocenters. The summed E-state index contributed by atoms with van der Waals surface area (Å²) in [4.78, 5) is 4.23. The third-order valence-electron chi connectivity index (χ3n) is 1.84. The van der Waals surface area contributed by atoms with Gasteiger partial charge in [0.15, 0.2) is 11.5 Å². The van der Waals surface area contributed by atoms with Gasteiger partial charge < -0.3 is 0 Å². The summed E-state index contributed by atoms with van der Waals surface area (Å²) in [6.45, 7) is 1.97. The van der Waals surface area contributed by atoms with Gasteiger partial charge in [-0.2, -0.15) is 10.4 Å². The molecule has 0 aliphatic heterocycles. The van der Waals surface area contributed by atoms with Crippen LogP contribution in [0.15, 0.2) is 18.3 Å². The maximum Gasteiger partial charge on any atom is 0.165 e. The van der Waals surface area contributed by atoms with Crippen LogP contribution in [-0.2, 0) is 6.42 Å². The van der Waals surface area contributed by atoms with Gasteiger partial charge in [0, 0.05) is 6.20 Å². The van der Waals surface area contributed by atoms with Crippen LogP contribution in [0.2, 0.25) is 0 Å². The molecular formula is C9H8N4. The van der Waals surface area contributed by atoms with Gasteiger partial charge in [-0.25, -0.2) is 9.50 Å².